The molecule has 3 aromatic heterocycles. The summed E-state index contributed by atoms with van der Waals surface area (Å²) in [7, 11) is 0. The molecule has 0 amide bonds. The Balaban J connectivity index is 1.71. The molecule has 122 valence electrons. The molecule has 0 spiro atoms. The van der Waals surface area contributed by atoms with Gasteiger partial charge in [0.2, 0.25) is 5.91 Å². The Hall–Kier alpha value is -2.53. The monoisotopic (exact) mass is 320 g/mol. The Bertz CT molecular complexity index is 850. The second kappa shape index (κ2) is 6.53. The quantitative estimate of drug-likeness (QED) is 0.806. The average Bonchev–Trinajstić information content (AvgIpc) is 3.03. The van der Waals surface area contributed by atoms with Crippen LogP contribution in [-0.2, 0) is 6.42 Å². The van der Waals surface area contributed by atoms with E-state index in [2.05, 4.69) is 15.3 Å². The topological polar surface area (TPSA) is 59.8 Å². The van der Waals surface area contributed by atoms with Crippen molar-refractivity contribution in [3.05, 3.63) is 60.2 Å². The van der Waals surface area contributed by atoms with E-state index in [1.165, 1.54) is 5.56 Å². The molecule has 0 radical (unpaired) electrons. The Morgan fingerprint density at radius 2 is 1.96 bits per heavy atom. The van der Waals surface area contributed by atoms with Crippen molar-refractivity contribution in [2.24, 2.45) is 0 Å². The second-order valence-electron chi connectivity index (χ2n) is 6.28. The summed E-state index contributed by atoms with van der Waals surface area (Å²) in [5, 5.41) is 3.39. The van der Waals surface area contributed by atoms with E-state index in [1.54, 1.807) is 17.0 Å². The average molecular weight is 320 g/mol. The highest BCUT2D eigenvalue weighted by Gasteiger charge is 2.22. The van der Waals surface area contributed by atoms with Gasteiger partial charge in [-0.2, -0.15) is 0 Å². The van der Waals surface area contributed by atoms with Crippen LogP contribution in [0.3, 0.4) is 0 Å². The molecule has 1 N–H and O–H groups in total. The lowest BCUT2D eigenvalue weighted by atomic mass is 9.91. The molecule has 0 saturated carbocycles. The molecule has 1 aliphatic rings. The minimum absolute atomic E-state index is 0.0689. The number of pyridine rings is 2. The number of hydrogen-bond acceptors (Lipinski definition) is 4. The third kappa shape index (κ3) is 2.83. The molecule has 0 aliphatic carbocycles. The van der Waals surface area contributed by atoms with E-state index in [1.807, 2.05) is 36.7 Å². The fourth-order valence-corrected chi connectivity index (χ4v) is 3.48. The van der Waals surface area contributed by atoms with Crippen molar-refractivity contribution in [1.29, 1.82) is 0 Å². The van der Waals surface area contributed by atoms with E-state index in [0.29, 0.717) is 12.3 Å². The molecule has 1 aliphatic heterocycles. The predicted octanol–water partition coefficient (Wildman–Crippen LogP) is 2.78. The summed E-state index contributed by atoms with van der Waals surface area (Å²) < 4.78 is 1.78. The molecule has 0 aromatic carbocycles. The predicted molar refractivity (Wildman–Crippen MR) is 93.1 cm³/mol. The summed E-state index contributed by atoms with van der Waals surface area (Å²) in [5.41, 5.74) is 4.05. The van der Waals surface area contributed by atoms with Gasteiger partial charge in [-0.3, -0.25) is 19.3 Å². The molecule has 0 bridgehead atoms. The fourth-order valence-electron chi connectivity index (χ4n) is 3.48. The van der Waals surface area contributed by atoms with Crippen molar-refractivity contribution in [3.63, 3.8) is 0 Å². The maximum atomic E-state index is 12.8. The normalized spacial score (nSPS) is 15.7. The van der Waals surface area contributed by atoms with Gasteiger partial charge in [-0.15, -0.1) is 0 Å². The van der Waals surface area contributed by atoms with Gasteiger partial charge in [0.15, 0.2) is 0 Å². The van der Waals surface area contributed by atoms with E-state index >= 15 is 0 Å². The van der Waals surface area contributed by atoms with E-state index in [-0.39, 0.29) is 5.91 Å². The number of aromatic nitrogens is 3. The lowest BCUT2D eigenvalue weighted by molar-refractivity contribution is 0.0919. The molecule has 4 heterocycles. The third-order valence-corrected chi connectivity index (χ3v) is 4.74. The van der Waals surface area contributed by atoms with Crippen LogP contribution in [0.25, 0.3) is 11.0 Å². The van der Waals surface area contributed by atoms with Gasteiger partial charge < -0.3 is 5.32 Å². The van der Waals surface area contributed by atoms with Gasteiger partial charge in [0.25, 0.3) is 0 Å². The van der Waals surface area contributed by atoms with Gasteiger partial charge in [-0.05, 0) is 67.2 Å². The van der Waals surface area contributed by atoms with Gasteiger partial charge in [0.05, 0.1) is 17.5 Å². The standard InChI is InChI=1S/C19H20N4O/c24-18(12-14-3-8-20-9-4-14)23-13-16(15-5-10-21-11-6-15)19-17(23)2-1-7-22-19/h1-4,7-9,13,15,21H,5-6,10-12H2. The molecular formula is C19H20N4O. The first-order valence-corrected chi connectivity index (χ1v) is 8.42. The zero-order valence-corrected chi connectivity index (χ0v) is 13.5. The minimum Gasteiger partial charge on any atom is -0.317 e. The van der Waals surface area contributed by atoms with E-state index in [0.717, 1.165) is 42.5 Å². The fraction of sp³-hybridized carbons (Fsp3) is 0.316. The minimum atomic E-state index is 0.0689. The second-order valence-corrected chi connectivity index (χ2v) is 6.28. The highest BCUT2D eigenvalue weighted by molar-refractivity contribution is 5.93. The summed E-state index contributed by atoms with van der Waals surface area (Å²) in [4.78, 5) is 21.4. The largest absolute Gasteiger partial charge is 0.317 e. The lowest BCUT2D eigenvalue weighted by Gasteiger charge is -2.21. The van der Waals surface area contributed by atoms with Crippen LogP contribution in [0.1, 0.15) is 34.7 Å². The van der Waals surface area contributed by atoms with E-state index < -0.39 is 0 Å². The SMILES string of the molecule is O=C(Cc1ccncc1)n1cc(C2CCNCC2)c2ncccc21. The first-order valence-electron chi connectivity index (χ1n) is 8.42. The van der Waals surface area contributed by atoms with Crippen molar-refractivity contribution in [2.75, 3.05) is 13.1 Å². The van der Waals surface area contributed by atoms with Crippen LogP contribution in [0.15, 0.2) is 49.1 Å². The third-order valence-electron chi connectivity index (χ3n) is 4.74. The van der Waals surface area contributed by atoms with Crippen molar-refractivity contribution in [1.82, 2.24) is 19.9 Å². The maximum Gasteiger partial charge on any atom is 0.235 e. The van der Waals surface area contributed by atoms with Gasteiger partial charge in [-0.1, -0.05) is 0 Å². The number of hydrogen-bond donors (Lipinski definition) is 1. The van der Waals surface area contributed by atoms with Crippen LogP contribution in [0, 0.1) is 0 Å². The van der Waals surface area contributed by atoms with Gasteiger partial charge in [0, 0.05) is 24.8 Å². The van der Waals surface area contributed by atoms with Crippen LogP contribution < -0.4 is 5.32 Å². The van der Waals surface area contributed by atoms with Gasteiger partial charge >= 0.3 is 0 Å². The molecule has 4 rings (SSSR count). The smallest absolute Gasteiger partial charge is 0.235 e. The summed E-state index contributed by atoms with van der Waals surface area (Å²) >= 11 is 0. The summed E-state index contributed by atoms with van der Waals surface area (Å²) in [6.45, 7) is 2.05. The number of fused-ring (bicyclic) bond motifs is 1. The first kappa shape index (κ1) is 15.0. The molecule has 1 saturated heterocycles. The molecule has 0 atom stereocenters. The first-order chi connectivity index (χ1) is 11.8. The molecule has 24 heavy (non-hydrogen) atoms. The molecule has 0 unspecified atom stereocenters. The Kier molecular flexibility index (Phi) is 4.09. The van der Waals surface area contributed by atoms with Crippen LogP contribution >= 0.6 is 0 Å². The van der Waals surface area contributed by atoms with Gasteiger partial charge in [0.1, 0.15) is 0 Å². The number of carbonyl (C=O) groups is 1. The number of piperidine rings is 1. The van der Waals surface area contributed by atoms with Gasteiger partial charge in [-0.25, -0.2) is 0 Å². The summed E-state index contributed by atoms with van der Waals surface area (Å²) in [5.74, 6) is 0.540. The van der Waals surface area contributed by atoms with Crippen LogP contribution in [0.4, 0.5) is 0 Å². The number of nitrogens with one attached hydrogen (secondary N) is 1. The Morgan fingerprint density at radius 1 is 1.17 bits per heavy atom. The highest BCUT2D eigenvalue weighted by Crippen LogP contribution is 2.31. The molecule has 5 nitrogen and oxygen atoms in total. The molecule has 5 heteroatoms. The van der Waals surface area contributed by atoms with E-state index in [4.69, 9.17) is 0 Å². The molecular weight excluding hydrogens is 300 g/mol. The number of rotatable bonds is 3. The zero-order chi connectivity index (χ0) is 16.4. The number of nitrogens with zero attached hydrogens (tertiary/aromatic N) is 3. The highest BCUT2D eigenvalue weighted by atomic mass is 16.2. The lowest BCUT2D eigenvalue weighted by Crippen LogP contribution is -2.26. The zero-order valence-electron chi connectivity index (χ0n) is 13.5. The Labute approximate surface area is 140 Å². The summed E-state index contributed by atoms with van der Waals surface area (Å²) in [6, 6.07) is 7.65. The van der Waals surface area contributed by atoms with Crippen LogP contribution in [-0.4, -0.2) is 33.5 Å². The maximum absolute atomic E-state index is 12.8. The molecule has 3 aromatic rings. The van der Waals surface area contributed by atoms with Crippen LogP contribution in [0.2, 0.25) is 0 Å². The van der Waals surface area contributed by atoms with E-state index in [9.17, 15) is 4.79 Å². The van der Waals surface area contributed by atoms with Crippen molar-refractivity contribution < 1.29 is 4.79 Å². The Morgan fingerprint density at radius 3 is 2.75 bits per heavy atom. The van der Waals surface area contributed by atoms with Crippen LogP contribution in [0.5, 0.6) is 0 Å². The summed E-state index contributed by atoms with van der Waals surface area (Å²) in [6.07, 6.45) is 9.81. The van der Waals surface area contributed by atoms with Crippen molar-refractivity contribution in [3.8, 4) is 0 Å². The number of carbonyl (C=O) groups excluding carboxylic acids is 1. The molecule has 1 fully saturated rings. The van der Waals surface area contributed by atoms with Crippen molar-refractivity contribution in [2.45, 2.75) is 25.2 Å². The van der Waals surface area contributed by atoms with Crippen molar-refractivity contribution >= 4 is 16.9 Å².